The summed E-state index contributed by atoms with van der Waals surface area (Å²) in [5.41, 5.74) is 0.987. The third-order valence-corrected chi connectivity index (χ3v) is 0.729. The number of hydrogen-bond acceptors (Lipinski definition) is 2. The Morgan fingerprint density at radius 1 is 1.78 bits per heavy atom. The average Bonchev–Trinajstić information content (AvgIpc) is 1.80. The van der Waals surface area contributed by atoms with Crippen molar-refractivity contribution >= 4 is 6.29 Å². The molecule has 0 heterocycles. The zero-order chi connectivity index (χ0) is 7.11. The molecule has 0 aromatic rings. The first-order valence-electron chi connectivity index (χ1n) is 2.93. The van der Waals surface area contributed by atoms with Crippen molar-refractivity contribution in [3.05, 3.63) is 12.2 Å². The van der Waals surface area contributed by atoms with Crippen molar-refractivity contribution in [2.24, 2.45) is 0 Å². The summed E-state index contributed by atoms with van der Waals surface area (Å²) in [6.07, 6.45) is 1.33. The summed E-state index contributed by atoms with van der Waals surface area (Å²) >= 11 is 0. The molecule has 0 N–H and O–H groups in total. The minimum atomic E-state index is 0.479. The lowest BCUT2D eigenvalue weighted by Gasteiger charge is -1.98. The highest BCUT2D eigenvalue weighted by molar-refractivity contribution is 5.49. The first-order valence-corrected chi connectivity index (χ1v) is 2.93. The van der Waals surface area contributed by atoms with Crippen LogP contribution in [-0.4, -0.2) is 19.5 Å². The quantitative estimate of drug-likeness (QED) is 0.315. The Morgan fingerprint density at radius 2 is 2.44 bits per heavy atom. The Morgan fingerprint density at radius 3 is 2.89 bits per heavy atom. The van der Waals surface area contributed by atoms with Gasteiger partial charge in [0.05, 0.1) is 13.2 Å². The van der Waals surface area contributed by atoms with Crippen LogP contribution >= 0.6 is 0 Å². The Balaban J connectivity index is 2.91. The molecule has 0 spiro atoms. The van der Waals surface area contributed by atoms with E-state index in [1.807, 2.05) is 6.92 Å². The molecule has 0 aliphatic carbocycles. The number of hydrogen-bond donors (Lipinski definition) is 0. The van der Waals surface area contributed by atoms with Gasteiger partial charge in [-0.05, 0) is 6.92 Å². The van der Waals surface area contributed by atoms with Crippen molar-refractivity contribution in [2.45, 2.75) is 13.3 Å². The molecule has 0 aromatic carbocycles. The minimum absolute atomic E-state index is 0.479. The van der Waals surface area contributed by atoms with Crippen molar-refractivity contribution in [3.63, 3.8) is 0 Å². The highest BCUT2D eigenvalue weighted by Crippen LogP contribution is 1.87. The Kier molecular flexibility index (Phi) is 5.12. The normalized spacial score (nSPS) is 9.00. The van der Waals surface area contributed by atoms with Crippen molar-refractivity contribution in [1.29, 1.82) is 0 Å². The molecular formula is C7H12O2. The van der Waals surface area contributed by atoms with E-state index in [2.05, 4.69) is 6.58 Å². The zero-order valence-corrected chi connectivity index (χ0v) is 5.72. The van der Waals surface area contributed by atoms with Gasteiger partial charge in [0.15, 0.2) is 0 Å². The fourth-order valence-electron chi connectivity index (χ4n) is 0.378. The number of ether oxygens (including phenoxy) is 1. The second kappa shape index (κ2) is 5.51. The van der Waals surface area contributed by atoms with E-state index in [9.17, 15) is 4.79 Å². The fraction of sp³-hybridized carbons (Fsp3) is 0.571. The molecule has 0 fully saturated rings. The van der Waals surface area contributed by atoms with Gasteiger partial charge in [-0.3, -0.25) is 0 Å². The van der Waals surface area contributed by atoms with Gasteiger partial charge in [-0.15, -0.1) is 0 Å². The van der Waals surface area contributed by atoms with Crippen molar-refractivity contribution in [2.75, 3.05) is 13.2 Å². The molecule has 2 nitrogen and oxygen atoms in total. The van der Waals surface area contributed by atoms with Crippen LogP contribution in [0.25, 0.3) is 0 Å². The molecule has 0 atom stereocenters. The molecule has 52 valence electrons. The van der Waals surface area contributed by atoms with Crippen LogP contribution in [0.1, 0.15) is 13.3 Å². The second-order valence-corrected chi connectivity index (χ2v) is 1.97. The maximum Gasteiger partial charge on any atom is 0.122 e. The summed E-state index contributed by atoms with van der Waals surface area (Å²) in [6, 6.07) is 0. The Hall–Kier alpha value is -0.630. The third kappa shape index (κ3) is 7.37. The topological polar surface area (TPSA) is 26.3 Å². The van der Waals surface area contributed by atoms with E-state index >= 15 is 0 Å². The van der Waals surface area contributed by atoms with Crippen LogP contribution in [0.4, 0.5) is 0 Å². The summed E-state index contributed by atoms with van der Waals surface area (Å²) in [5.74, 6) is 0. The van der Waals surface area contributed by atoms with Gasteiger partial charge in [0.25, 0.3) is 0 Å². The molecule has 0 aliphatic rings. The first-order chi connectivity index (χ1) is 4.27. The van der Waals surface area contributed by atoms with Gasteiger partial charge in [0, 0.05) is 6.42 Å². The van der Waals surface area contributed by atoms with Crippen LogP contribution in [0.2, 0.25) is 0 Å². The van der Waals surface area contributed by atoms with Gasteiger partial charge in [-0.25, -0.2) is 0 Å². The molecule has 0 saturated heterocycles. The third-order valence-electron chi connectivity index (χ3n) is 0.729. The standard InChI is InChI=1S/C7H12O2/c1-7(2)6-9-5-3-4-8/h4H,1,3,5-6H2,2H3. The second-order valence-electron chi connectivity index (χ2n) is 1.97. The number of rotatable bonds is 5. The van der Waals surface area contributed by atoms with Crippen LogP contribution in [0.15, 0.2) is 12.2 Å². The van der Waals surface area contributed by atoms with E-state index < -0.39 is 0 Å². The molecule has 9 heavy (non-hydrogen) atoms. The highest BCUT2D eigenvalue weighted by Gasteiger charge is 1.85. The number of carbonyl (C=O) groups excluding carboxylic acids is 1. The van der Waals surface area contributed by atoms with Gasteiger partial charge in [0.1, 0.15) is 6.29 Å². The average molecular weight is 128 g/mol. The summed E-state index contributed by atoms with van der Waals surface area (Å²) in [6.45, 7) is 6.60. The summed E-state index contributed by atoms with van der Waals surface area (Å²) < 4.78 is 5.00. The highest BCUT2D eigenvalue weighted by atomic mass is 16.5. The van der Waals surface area contributed by atoms with Crippen molar-refractivity contribution < 1.29 is 9.53 Å². The smallest absolute Gasteiger partial charge is 0.122 e. The lowest BCUT2D eigenvalue weighted by atomic mass is 10.4. The minimum Gasteiger partial charge on any atom is -0.377 e. The lowest BCUT2D eigenvalue weighted by molar-refractivity contribution is -0.108. The Bertz CT molecular complexity index is 97.1. The van der Waals surface area contributed by atoms with Gasteiger partial charge in [-0.1, -0.05) is 12.2 Å². The summed E-state index contributed by atoms with van der Waals surface area (Å²) in [4.78, 5) is 9.75. The number of carbonyl (C=O) groups is 1. The largest absolute Gasteiger partial charge is 0.377 e. The van der Waals surface area contributed by atoms with Crippen LogP contribution in [-0.2, 0) is 9.53 Å². The van der Waals surface area contributed by atoms with E-state index in [1.165, 1.54) is 0 Å². The van der Waals surface area contributed by atoms with Crippen LogP contribution in [0, 0.1) is 0 Å². The molecule has 0 amide bonds. The van der Waals surface area contributed by atoms with Crippen molar-refractivity contribution in [1.82, 2.24) is 0 Å². The van der Waals surface area contributed by atoms with E-state index in [0.29, 0.717) is 19.6 Å². The predicted octanol–water partition coefficient (Wildman–Crippen LogP) is 1.17. The molecule has 0 saturated carbocycles. The number of aldehydes is 1. The van der Waals surface area contributed by atoms with Gasteiger partial charge < -0.3 is 9.53 Å². The molecule has 0 unspecified atom stereocenters. The summed E-state index contributed by atoms with van der Waals surface area (Å²) in [5, 5.41) is 0. The maximum atomic E-state index is 9.75. The fourth-order valence-corrected chi connectivity index (χ4v) is 0.378. The molecule has 0 aliphatic heterocycles. The molecule has 0 aromatic heterocycles. The SMILES string of the molecule is C=C(C)COCCC=O. The van der Waals surface area contributed by atoms with E-state index in [0.717, 1.165) is 11.9 Å². The van der Waals surface area contributed by atoms with E-state index in [-0.39, 0.29) is 0 Å². The molecule has 0 rings (SSSR count). The molecule has 2 heteroatoms. The van der Waals surface area contributed by atoms with E-state index in [1.54, 1.807) is 0 Å². The van der Waals surface area contributed by atoms with Crippen LogP contribution in [0.3, 0.4) is 0 Å². The van der Waals surface area contributed by atoms with Crippen LogP contribution in [0.5, 0.6) is 0 Å². The van der Waals surface area contributed by atoms with Crippen LogP contribution < -0.4 is 0 Å². The first kappa shape index (κ1) is 8.37. The zero-order valence-electron chi connectivity index (χ0n) is 5.72. The lowest BCUT2D eigenvalue weighted by Crippen LogP contribution is -1.97. The van der Waals surface area contributed by atoms with Gasteiger partial charge in [0.2, 0.25) is 0 Å². The molecule has 0 radical (unpaired) electrons. The summed E-state index contributed by atoms with van der Waals surface area (Å²) in [7, 11) is 0. The van der Waals surface area contributed by atoms with Gasteiger partial charge >= 0.3 is 0 Å². The monoisotopic (exact) mass is 128 g/mol. The van der Waals surface area contributed by atoms with E-state index in [4.69, 9.17) is 4.74 Å². The van der Waals surface area contributed by atoms with Gasteiger partial charge in [-0.2, -0.15) is 0 Å². The molecule has 0 bridgehead atoms. The maximum absolute atomic E-state index is 9.75. The Labute approximate surface area is 55.5 Å². The van der Waals surface area contributed by atoms with Crippen molar-refractivity contribution in [3.8, 4) is 0 Å². The predicted molar refractivity (Wildman–Crippen MR) is 36.3 cm³/mol. The molecular weight excluding hydrogens is 116 g/mol.